The van der Waals surface area contributed by atoms with Crippen molar-refractivity contribution in [3.05, 3.63) is 21.0 Å². The molecular weight excluding hydrogens is 336 g/mol. The highest BCUT2D eigenvalue weighted by atomic mass is 127. The first kappa shape index (κ1) is 12.4. The molecule has 1 N–H and O–H groups in total. The van der Waals surface area contributed by atoms with Crippen LogP contribution in [0.25, 0.3) is 0 Å². The second kappa shape index (κ2) is 4.06. The minimum atomic E-state index is -4.96. The van der Waals surface area contributed by atoms with Crippen molar-refractivity contribution in [2.24, 2.45) is 0 Å². The van der Waals surface area contributed by atoms with Crippen molar-refractivity contribution in [1.29, 1.82) is 0 Å². The molecule has 0 aliphatic rings. The van der Waals surface area contributed by atoms with Crippen molar-refractivity contribution in [1.82, 2.24) is 4.98 Å². The van der Waals surface area contributed by atoms with Gasteiger partial charge < -0.3 is 5.11 Å². The van der Waals surface area contributed by atoms with Gasteiger partial charge >= 0.3 is 6.18 Å². The Morgan fingerprint density at radius 2 is 1.87 bits per heavy atom. The van der Waals surface area contributed by atoms with Crippen LogP contribution in [-0.2, 0) is 6.18 Å². The first-order chi connectivity index (χ1) is 6.75. The van der Waals surface area contributed by atoms with Gasteiger partial charge in [0.15, 0.2) is 5.69 Å². The van der Waals surface area contributed by atoms with Crippen LogP contribution in [0.15, 0.2) is 6.20 Å². The molecule has 2 nitrogen and oxygen atoms in total. The minimum Gasteiger partial charge on any atom is -0.505 e. The number of pyridine rings is 1. The molecule has 1 aromatic rings. The highest BCUT2D eigenvalue weighted by Crippen LogP contribution is 2.39. The summed E-state index contributed by atoms with van der Waals surface area (Å²) in [5.41, 5.74) is -2.96. The Hall–Kier alpha value is -0.670. The molecule has 0 aliphatic heterocycles. The fourth-order valence-corrected chi connectivity index (χ4v) is 1.55. The van der Waals surface area contributed by atoms with Gasteiger partial charge in [0, 0.05) is 0 Å². The van der Waals surface area contributed by atoms with Gasteiger partial charge in [-0.15, -0.1) is 0 Å². The lowest BCUT2D eigenvalue weighted by Crippen LogP contribution is -2.13. The first-order valence-electron chi connectivity index (χ1n) is 3.48. The van der Waals surface area contributed by atoms with Gasteiger partial charge in [0.25, 0.3) is 6.43 Å². The number of nitrogens with zero attached hydrogens (tertiary/aromatic N) is 1. The molecule has 8 heteroatoms. The van der Waals surface area contributed by atoms with Crippen LogP contribution in [0.1, 0.15) is 17.7 Å². The normalized spacial score (nSPS) is 12.2. The maximum Gasteiger partial charge on any atom is 0.433 e. The average molecular weight is 339 g/mol. The summed E-state index contributed by atoms with van der Waals surface area (Å²) >= 11 is 1.22. The molecule has 1 rings (SSSR count). The molecular formula is C7H3F5INO. The van der Waals surface area contributed by atoms with Gasteiger partial charge in [-0.3, -0.25) is 0 Å². The van der Waals surface area contributed by atoms with Gasteiger partial charge in [0.05, 0.1) is 15.3 Å². The molecule has 0 unspecified atom stereocenters. The molecule has 1 aromatic heterocycles. The van der Waals surface area contributed by atoms with E-state index in [0.29, 0.717) is 6.20 Å². The van der Waals surface area contributed by atoms with Crippen molar-refractivity contribution in [3.8, 4) is 5.75 Å². The van der Waals surface area contributed by atoms with Crippen molar-refractivity contribution in [2.45, 2.75) is 12.6 Å². The van der Waals surface area contributed by atoms with Crippen LogP contribution < -0.4 is 0 Å². The van der Waals surface area contributed by atoms with Crippen LogP contribution in [-0.4, -0.2) is 10.1 Å². The standard InChI is InChI=1S/C7H3F5INO/c8-6(9)3-4(13)2(15)1-14-5(3)7(10,11)12/h1,6,15H. The van der Waals surface area contributed by atoms with E-state index in [1.165, 1.54) is 22.6 Å². The smallest absolute Gasteiger partial charge is 0.433 e. The van der Waals surface area contributed by atoms with Gasteiger partial charge in [-0.2, -0.15) is 13.2 Å². The third-order valence-electron chi connectivity index (χ3n) is 1.52. The van der Waals surface area contributed by atoms with E-state index in [4.69, 9.17) is 5.11 Å². The molecule has 0 fully saturated rings. The third-order valence-corrected chi connectivity index (χ3v) is 2.65. The van der Waals surface area contributed by atoms with Crippen molar-refractivity contribution < 1.29 is 27.1 Å². The average Bonchev–Trinajstić information content (AvgIpc) is 2.06. The van der Waals surface area contributed by atoms with Crippen LogP contribution in [0.5, 0.6) is 5.75 Å². The van der Waals surface area contributed by atoms with Gasteiger partial charge in [-0.05, 0) is 22.6 Å². The lowest BCUT2D eigenvalue weighted by atomic mass is 10.2. The molecule has 0 saturated carbocycles. The summed E-state index contributed by atoms with van der Waals surface area (Å²) in [5.74, 6) is -0.695. The van der Waals surface area contributed by atoms with Crippen LogP contribution in [0.2, 0.25) is 0 Å². The van der Waals surface area contributed by atoms with Crippen LogP contribution >= 0.6 is 22.6 Å². The lowest BCUT2D eigenvalue weighted by molar-refractivity contribution is -0.143. The van der Waals surface area contributed by atoms with Gasteiger partial charge in [-0.25, -0.2) is 13.8 Å². The lowest BCUT2D eigenvalue weighted by Gasteiger charge is -2.13. The predicted octanol–water partition coefficient (Wildman–Crippen LogP) is 3.35. The summed E-state index contributed by atoms with van der Waals surface area (Å²) in [6.07, 6.45) is -7.80. The highest BCUT2D eigenvalue weighted by molar-refractivity contribution is 14.1. The Balaban J connectivity index is 3.47. The molecule has 0 radical (unpaired) electrons. The van der Waals surface area contributed by atoms with Crippen molar-refractivity contribution in [2.75, 3.05) is 0 Å². The van der Waals surface area contributed by atoms with E-state index in [-0.39, 0.29) is 0 Å². The first-order valence-corrected chi connectivity index (χ1v) is 4.55. The number of alkyl halides is 5. The fraction of sp³-hybridized carbons (Fsp3) is 0.286. The summed E-state index contributed by atoms with van der Waals surface area (Å²) in [6, 6.07) is 0. The second-order valence-electron chi connectivity index (χ2n) is 2.52. The molecule has 0 atom stereocenters. The molecule has 84 valence electrons. The summed E-state index contributed by atoms with van der Waals surface area (Å²) < 4.78 is 60.9. The van der Waals surface area contributed by atoms with E-state index < -0.39 is 33.2 Å². The Bertz CT molecular complexity index is 378. The zero-order valence-electron chi connectivity index (χ0n) is 6.82. The van der Waals surface area contributed by atoms with E-state index in [0.717, 1.165) is 0 Å². The molecule has 0 saturated heterocycles. The van der Waals surface area contributed by atoms with E-state index in [1.807, 2.05) is 0 Å². The fourth-order valence-electron chi connectivity index (χ4n) is 0.919. The van der Waals surface area contributed by atoms with Crippen LogP contribution in [0, 0.1) is 3.57 Å². The quantitative estimate of drug-likeness (QED) is 0.629. The monoisotopic (exact) mass is 339 g/mol. The minimum absolute atomic E-state index is 0.497. The summed E-state index contributed by atoms with van der Waals surface area (Å²) in [7, 11) is 0. The van der Waals surface area contributed by atoms with Gasteiger partial charge in [0.1, 0.15) is 5.75 Å². The molecule has 0 spiro atoms. The van der Waals surface area contributed by atoms with E-state index in [1.54, 1.807) is 0 Å². The molecule has 0 bridgehead atoms. The molecule has 0 aromatic carbocycles. The Morgan fingerprint density at radius 1 is 1.33 bits per heavy atom. The van der Waals surface area contributed by atoms with Crippen LogP contribution in [0.3, 0.4) is 0 Å². The van der Waals surface area contributed by atoms with Crippen molar-refractivity contribution >= 4 is 22.6 Å². The number of hydrogen-bond donors (Lipinski definition) is 1. The number of aromatic nitrogens is 1. The maximum absolute atomic E-state index is 12.3. The maximum atomic E-state index is 12.3. The largest absolute Gasteiger partial charge is 0.505 e. The molecule has 15 heavy (non-hydrogen) atoms. The van der Waals surface area contributed by atoms with Crippen LogP contribution in [0.4, 0.5) is 22.0 Å². The number of halogens is 6. The summed E-state index contributed by atoms with van der Waals surface area (Å²) in [6.45, 7) is 0. The highest BCUT2D eigenvalue weighted by Gasteiger charge is 2.39. The van der Waals surface area contributed by atoms with E-state index in [2.05, 4.69) is 4.98 Å². The Kier molecular flexibility index (Phi) is 3.36. The van der Waals surface area contributed by atoms with E-state index in [9.17, 15) is 22.0 Å². The SMILES string of the molecule is Oc1cnc(C(F)(F)F)c(C(F)F)c1I. The third kappa shape index (κ3) is 2.47. The molecule has 0 amide bonds. The number of rotatable bonds is 1. The molecule has 0 aliphatic carbocycles. The van der Waals surface area contributed by atoms with Gasteiger partial charge in [0.2, 0.25) is 0 Å². The number of aromatic hydroxyl groups is 1. The zero-order chi connectivity index (χ0) is 11.8. The van der Waals surface area contributed by atoms with E-state index >= 15 is 0 Å². The number of hydrogen-bond acceptors (Lipinski definition) is 2. The summed E-state index contributed by atoms with van der Waals surface area (Å²) in [5, 5.41) is 8.97. The summed E-state index contributed by atoms with van der Waals surface area (Å²) in [4.78, 5) is 2.77. The predicted molar refractivity (Wildman–Crippen MR) is 48.6 cm³/mol. The Morgan fingerprint density at radius 3 is 2.27 bits per heavy atom. The zero-order valence-corrected chi connectivity index (χ0v) is 8.97. The van der Waals surface area contributed by atoms with Gasteiger partial charge in [-0.1, -0.05) is 0 Å². The second-order valence-corrected chi connectivity index (χ2v) is 3.60. The molecule has 1 heterocycles. The van der Waals surface area contributed by atoms with Crippen molar-refractivity contribution in [3.63, 3.8) is 0 Å². The topological polar surface area (TPSA) is 33.1 Å². The Labute approximate surface area is 94.3 Å².